The van der Waals surface area contributed by atoms with Crippen molar-refractivity contribution >= 4 is 35.1 Å². The Morgan fingerprint density at radius 3 is 2.12 bits per heavy atom. The van der Waals surface area contributed by atoms with Gasteiger partial charge in [-0.1, -0.05) is 60.3 Å². The van der Waals surface area contributed by atoms with Crippen LogP contribution in [0.15, 0.2) is 18.6 Å². The van der Waals surface area contributed by atoms with Gasteiger partial charge in [-0.15, -0.1) is 0 Å². The minimum Gasteiger partial charge on any atom is -0.363 e. The predicted octanol–water partition coefficient (Wildman–Crippen LogP) is 5.16. The molecule has 14 heteroatoms. The lowest BCUT2D eigenvalue weighted by Gasteiger charge is -2.37. The van der Waals surface area contributed by atoms with E-state index in [0.717, 1.165) is 51.4 Å². The number of amides is 3. The summed E-state index contributed by atoms with van der Waals surface area (Å²) < 4.78 is 40.6. The van der Waals surface area contributed by atoms with Crippen LogP contribution in [0.3, 0.4) is 0 Å². The molecule has 1 saturated heterocycles. The number of fused-ring (bicyclic) bond motifs is 1. The summed E-state index contributed by atoms with van der Waals surface area (Å²) in [7, 11) is 0. The van der Waals surface area contributed by atoms with Crippen LogP contribution in [0.25, 0.3) is 0 Å². The molecule has 4 fully saturated rings. The largest absolute Gasteiger partial charge is 0.389 e. The summed E-state index contributed by atoms with van der Waals surface area (Å²) in [5.41, 5.74) is 3.49. The molecule has 3 amide bonds. The Kier molecular flexibility index (Phi) is 10.8. The molecule has 5 atom stereocenters. The highest BCUT2D eigenvalue weighted by molar-refractivity contribution is 6.36. The molecule has 3 N–H and O–H groups in total. The van der Waals surface area contributed by atoms with Crippen molar-refractivity contribution in [2.75, 3.05) is 6.54 Å². The number of carbonyl (C=O) groups is 6. The maximum absolute atomic E-state index is 14.9. The number of hydrogen-bond donors (Lipinski definition) is 2. The van der Waals surface area contributed by atoms with Gasteiger partial charge in [0.05, 0.1) is 24.7 Å². The molecule has 3 aliphatic carbocycles. The maximum Gasteiger partial charge on any atom is 0.389 e. The number of rotatable bonds is 13. The predicted molar refractivity (Wildman–Crippen MR) is 183 cm³/mol. The van der Waals surface area contributed by atoms with Crippen LogP contribution in [0.1, 0.15) is 122 Å². The van der Waals surface area contributed by atoms with Crippen molar-refractivity contribution in [1.29, 1.82) is 0 Å². The lowest BCUT2D eigenvalue weighted by molar-refractivity contribution is -0.158. The number of likely N-dealkylation sites (tertiary alicyclic amines) is 1. The number of carbonyl (C=O) groups excluding carboxylic acids is 6. The van der Waals surface area contributed by atoms with E-state index in [1.807, 2.05) is 20.8 Å². The molecule has 5 rings (SSSR count). The van der Waals surface area contributed by atoms with E-state index in [1.54, 1.807) is 0 Å². The molecule has 1 unspecified atom stereocenters. The number of ketones is 3. The first kappa shape index (κ1) is 39.5. The zero-order valence-electron chi connectivity index (χ0n) is 30.8. The van der Waals surface area contributed by atoms with Crippen LogP contribution >= 0.6 is 0 Å². The fraction of sp³-hybridized carbons (Fsp3) is 0.737. The first-order valence-corrected chi connectivity index (χ1v) is 18.5. The molecule has 0 radical (unpaired) electrons. The van der Waals surface area contributed by atoms with E-state index in [9.17, 15) is 41.9 Å². The maximum atomic E-state index is 14.9. The fourth-order valence-electron chi connectivity index (χ4n) is 10.1. The van der Waals surface area contributed by atoms with E-state index in [4.69, 9.17) is 5.73 Å². The summed E-state index contributed by atoms with van der Waals surface area (Å²) in [5.74, 6) is -8.21. The average molecular weight is 732 g/mol. The van der Waals surface area contributed by atoms with Crippen molar-refractivity contribution in [3.8, 4) is 0 Å². The SMILES string of the molecule is CC(C)(C)[C@H](CC(=O)[C@@H](NC(=O)c1cnccn1)C1CCCCC1)C(=O)N1C[C@]2(C[C@H]1C(=O)CC(CC(F)(F)F)C(=O)C(N)=O)C(C)(C)C21CCC1. The Morgan fingerprint density at radius 2 is 1.62 bits per heavy atom. The fourth-order valence-corrected chi connectivity index (χ4v) is 10.1. The standard InChI is InChI=1S/C38H52F3N5O6/c1-34(2,3)24(17-28(48)29(22-10-7-6-8-11-22)45-32(51)25-20-43-14-15-44-25)33(52)46-21-37(35(4,5)36(37)12-9-13-36)19-26(46)27(47)16-23(18-38(39,40)41)30(49)31(42)50/h14-15,20,22-24,26,29H,6-13,16-19,21H2,1-5H3,(H2,42,50)(H,45,51)/t23?,24-,26+,29+,37-/m1/s1. The van der Waals surface area contributed by atoms with E-state index in [0.29, 0.717) is 0 Å². The van der Waals surface area contributed by atoms with Crippen molar-refractivity contribution < 1.29 is 41.9 Å². The topological polar surface area (TPSA) is 169 Å². The number of primary amides is 1. The molecule has 3 saturated carbocycles. The highest BCUT2D eigenvalue weighted by atomic mass is 19.4. The van der Waals surface area contributed by atoms with E-state index in [1.165, 1.54) is 23.5 Å². The molecular formula is C38H52F3N5O6. The van der Waals surface area contributed by atoms with E-state index in [-0.39, 0.29) is 47.6 Å². The zero-order chi connectivity index (χ0) is 38.4. The van der Waals surface area contributed by atoms with Crippen molar-refractivity contribution in [2.24, 2.45) is 45.1 Å². The second-order valence-corrected chi connectivity index (χ2v) is 17.3. The Balaban J connectivity index is 1.45. The molecule has 1 aromatic rings. The third-order valence-corrected chi connectivity index (χ3v) is 13.3. The van der Waals surface area contributed by atoms with E-state index in [2.05, 4.69) is 29.1 Å². The third kappa shape index (κ3) is 7.27. The van der Waals surface area contributed by atoms with Crippen LogP contribution in [0.4, 0.5) is 13.2 Å². The minimum absolute atomic E-state index is 0.0545. The molecular weight excluding hydrogens is 679 g/mol. The molecule has 2 heterocycles. The lowest BCUT2D eigenvalue weighted by atomic mass is 9.73. The third-order valence-electron chi connectivity index (χ3n) is 13.3. The van der Waals surface area contributed by atoms with Crippen molar-refractivity contribution in [1.82, 2.24) is 20.2 Å². The van der Waals surface area contributed by atoms with Crippen LogP contribution in [0.5, 0.6) is 0 Å². The molecule has 0 bridgehead atoms. The average Bonchev–Trinajstić information content (AvgIpc) is 3.27. The zero-order valence-corrected chi connectivity index (χ0v) is 30.8. The first-order chi connectivity index (χ1) is 24.2. The molecule has 286 valence electrons. The van der Waals surface area contributed by atoms with Crippen LogP contribution in [0, 0.1) is 39.4 Å². The summed E-state index contributed by atoms with van der Waals surface area (Å²) in [6, 6.07) is -2.04. The van der Waals surface area contributed by atoms with Gasteiger partial charge in [-0.25, -0.2) is 4.98 Å². The summed E-state index contributed by atoms with van der Waals surface area (Å²) in [6.07, 6.45) is 3.70. The van der Waals surface area contributed by atoms with Crippen molar-refractivity contribution in [2.45, 2.75) is 130 Å². The van der Waals surface area contributed by atoms with Gasteiger partial charge in [0, 0.05) is 49.0 Å². The Labute approximate surface area is 302 Å². The van der Waals surface area contributed by atoms with Crippen molar-refractivity contribution in [3.63, 3.8) is 0 Å². The highest BCUT2D eigenvalue weighted by Gasteiger charge is 2.85. The normalized spacial score (nSPS) is 25.5. The summed E-state index contributed by atoms with van der Waals surface area (Å²) in [6.45, 7) is 9.85. The summed E-state index contributed by atoms with van der Waals surface area (Å²) in [4.78, 5) is 90.3. The first-order valence-electron chi connectivity index (χ1n) is 18.5. The van der Waals surface area contributed by atoms with Gasteiger partial charge in [0.25, 0.3) is 11.8 Å². The van der Waals surface area contributed by atoms with Crippen LogP contribution < -0.4 is 11.1 Å². The van der Waals surface area contributed by atoms with E-state index >= 15 is 0 Å². The van der Waals surface area contributed by atoms with Crippen LogP contribution in [-0.4, -0.2) is 74.7 Å². The van der Waals surface area contributed by atoms with Crippen LogP contribution in [-0.2, 0) is 24.0 Å². The lowest BCUT2D eigenvalue weighted by Crippen LogP contribution is -2.51. The summed E-state index contributed by atoms with van der Waals surface area (Å²) >= 11 is 0. The van der Waals surface area contributed by atoms with Crippen molar-refractivity contribution in [3.05, 3.63) is 24.3 Å². The van der Waals surface area contributed by atoms with Gasteiger partial charge in [-0.05, 0) is 54.3 Å². The molecule has 4 aliphatic rings. The number of nitrogens with two attached hydrogens (primary N) is 1. The van der Waals surface area contributed by atoms with Gasteiger partial charge < -0.3 is 16.0 Å². The Bertz CT molecular complexity index is 1580. The molecule has 52 heavy (non-hydrogen) atoms. The Hall–Kier alpha value is -3.71. The molecule has 0 aromatic carbocycles. The van der Waals surface area contributed by atoms with Gasteiger partial charge in [0.1, 0.15) is 5.69 Å². The second kappa shape index (κ2) is 14.3. The molecule has 11 nitrogen and oxygen atoms in total. The monoisotopic (exact) mass is 731 g/mol. The second-order valence-electron chi connectivity index (χ2n) is 17.3. The molecule has 1 aliphatic heterocycles. The quantitative estimate of drug-likeness (QED) is 0.262. The number of nitrogens with one attached hydrogen (secondary N) is 1. The van der Waals surface area contributed by atoms with Gasteiger partial charge >= 0.3 is 6.18 Å². The van der Waals surface area contributed by atoms with Gasteiger partial charge in [-0.2, -0.15) is 13.2 Å². The number of aromatic nitrogens is 2. The minimum atomic E-state index is -4.84. The smallest absolute Gasteiger partial charge is 0.363 e. The highest BCUT2D eigenvalue weighted by Crippen LogP contribution is 2.88. The number of Topliss-reactive ketones (excluding diaryl/α,β-unsaturated/α-hetero) is 3. The molecule has 1 aromatic heterocycles. The molecule has 2 spiro atoms. The van der Waals surface area contributed by atoms with Gasteiger partial charge in [-0.3, -0.25) is 33.8 Å². The number of halogens is 3. The Morgan fingerprint density at radius 1 is 0.962 bits per heavy atom. The van der Waals surface area contributed by atoms with E-state index < -0.39 is 83.1 Å². The number of alkyl halides is 3. The van der Waals surface area contributed by atoms with Gasteiger partial charge in [0.15, 0.2) is 11.6 Å². The summed E-state index contributed by atoms with van der Waals surface area (Å²) in [5, 5.41) is 2.88. The van der Waals surface area contributed by atoms with Gasteiger partial charge in [0.2, 0.25) is 11.7 Å². The van der Waals surface area contributed by atoms with Crippen LogP contribution in [0.2, 0.25) is 0 Å². The number of hydrogen-bond acceptors (Lipinski definition) is 8. The number of nitrogens with zero attached hydrogens (tertiary/aromatic N) is 3.